The predicted octanol–water partition coefficient (Wildman–Crippen LogP) is 3.07. The van der Waals surface area contributed by atoms with Gasteiger partial charge < -0.3 is 9.47 Å². The lowest BCUT2D eigenvalue weighted by Gasteiger charge is -2.63. The quantitative estimate of drug-likeness (QED) is 0.884. The molecule has 1 aliphatic carbocycles. The number of hydrogen-bond donors (Lipinski definition) is 1. The van der Waals surface area contributed by atoms with E-state index in [2.05, 4.69) is 18.2 Å². The van der Waals surface area contributed by atoms with Crippen molar-refractivity contribution in [3.63, 3.8) is 0 Å². The summed E-state index contributed by atoms with van der Waals surface area (Å²) in [7, 11) is 0. The van der Waals surface area contributed by atoms with E-state index >= 15 is 0 Å². The van der Waals surface area contributed by atoms with Crippen LogP contribution in [0.4, 0.5) is 0 Å². The van der Waals surface area contributed by atoms with Crippen LogP contribution in [0.1, 0.15) is 31.2 Å². The molecule has 3 aliphatic heterocycles. The van der Waals surface area contributed by atoms with Crippen molar-refractivity contribution in [1.29, 1.82) is 21.2 Å². The van der Waals surface area contributed by atoms with Crippen LogP contribution in [-0.4, -0.2) is 17.8 Å². The molecule has 1 aromatic rings. The minimum Gasteiger partial charge on any atom is -0.447 e. The van der Waals surface area contributed by atoms with Crippen molar-refractivity contribution in [2.75, 3.05) is 0 Å². The molecular formula is C20H18N4O2. The second kappa shape index (κ2) is 5.56. The van der Waals surface area contributed by atoms with Gasteiger partial charge in [0, 0.05) is 12.8 Å². The Bertz CT molecular complexity index is 864. The third kappa shape index (κ3) is 1.79. The fourth-order valence-corrected chi connectivity index (χ4v) is 4.98. The standard InChI is InChI=1S/C20H18N4O2/c21-11-18(12-22)15-8-4-5-9-20(15)25-16(10-14-6-2-1-3-7-14)19(18,13-23)17(24)26-20/h1-3,6-7,15-16,24H,4-5,8-10H2/t15-,16+,19+,20+/m0/s1. The van der Waals surface area contributed by atoms with E-state index in [1.807, 2.05) is 30.3 Å². The van der Waals surface area contributed by atoms with E-state index in [4.69, 9.17) is 14.9 Å². The van der Waals surface area contributed by atoms with Gasteiger partial charge in [-0.3, -0.25) is 5.41 Å². The molecule has 0 radical (unpaired) electrons. The lowest BCUT2D eigenvalue weighted by atomic mass is 9.48. The van der Waals surface area contributed by atoms with Gasteiger partial charge in [-0.05, 0) is 18.4 Å². The van der Waals surface area contributed by atoms with Gasteiger partial charge in [0.25, 0.3) is 0 Å². The Morgan fingerprint density at radius 1 is 1.08 bits per heavy atom. The zero-order valence-electron chi connectivity index (χ0n) is 14.2. The number of nitrogens with one attached hydrogen (secondary N) is 1. The van der Waals surface area contributed by atoms with E-state index in [0.29, 0.717) is 19.3 Å². The van der Waals surface area contributed by atoms with Crippen LogP contribution in [0.2, 0.25) is 0 Å². The smallest absolute Gasteiger partial charge is 0.217 e. The Balaban J connectivity index is 1.90. The van der Waals surface area contributed by atoms with Gasteiger partial charge in [-0.2, -0.15) is 15.8 Å². The fraction of sp³-hybridized carbons (Fsp3) is 0.500. The Hall–Kier alpha value is -2.88. The van der Waals surface area contributed by atoms with E-state index in [1.165, 1.54) is 0 Å². The highest BCUT2D eigenvalue weighted by Crippen LogP contribution is 2.65. The maximum Gasteiger partial charge on any atom is 0.217 e. The zero-order valence-corrected chi connectivity index (χ0v) is 14.2. The molecule has 1 N–H and O–H groups in total. The molecule has 26 heavy (non-hydrogen) atoms. The van der Waals surface area contributed by atoms with Gasteiger partial charge in [0.1, 0.15) is 0 Å². The minimum atomic E-state index is -1.73. The zero-order chi connectivity index (χ0) is 18.4. The van der Waals surface area contributed by atoms with Crippen LogP contribution >= 0.6 is 0 Å². The number of ether oxygens (including phenoxy) is 2. The van der Waals surface area contributed by atoms with Crippen molar-refractivity contribution in [1.82, 2.24) is 0 Å². The molecule has 5 rings (SSSR count). The maximum absolute atomic E-state index is 10.1. The van der Waals surface area contributed by atoms with Crippen molar-refractivity contribution in [3.05, 3.63) is 35.9 Å². The Morgan fingerprint density at radius 3 is 2.46 bits per heavy atom. The largest absolute Gasteiger partial charge is 0.447 e. The number of benzene rings is 1. The molecule has 130 valence electrons. The van der Waals surface area contributed by atoms with Crippen LogP contribution < -0.4 is 0 Å². The first kappa shape index (κ1) is 16.6. The number of nitrogens with zero attached hydrogens (tertiary/aromatic N) is 3. The topological polar surface area (TPSA) is 114 Å². The molecule has 3 saturated heterocycles. The average molecular weight is 346 g/mol. The second-order valence-corrected chi connectivity index (χ2v) is 7.29. The van der Waals surface area contributed by atoms with Crippen molar-refractivity contribution in [3.8, 4) is 18.2 Å². The van der Waals surface area contributed by atoms with E-state index in [1.54, 1.807) is 0 Å². The van der Waals surface area contributed by atoms with Gasteiger partial charge in [0.05, 0.1) is 30.2 Å². The van der Waals surface area contributed by atoms with Crippen LogP contribution in [0.5, 0.6) is 0 Å². The van der Waals surface area contributed by atoms with E-state index < -0.39 is 28.6 Å². The van der Waals surface area contributed by atoms with Gasteiger partial charge >= 0.3 is 0 Å². The lowest BCUT2D eigenvalue weighted by molar-refractivity contribution is -0.357. The highest BCUT2D eigenvalue weighted by molar-refractivity contribution is 5.88. The van der Waals surface area contributed by atoms with Crippen molar-refractivity contribution < 1.29 is 9.47 Å². The van der Waals surface area contributed by atoms with Gasteiger partial charge in [-0.1, -0.05) is 36.8 Å². The summed E-state index contributed by atoms with van der Waals surface area (Å²) in [4.78, 5) is 0. The highest BCUT2D eigenvalue weighted by Gasteiger charge is 2.79. The molecule has 6 nitrogen and oxygen atoms in total. The molecule has 1 saturated carbocycles. The normalized spacial score (nSPS) is 36.7. The summed E-state index contributed by atoms with van der Waals surface area (Å²) in [5, 5.41) is 38.7. The monoisotopic (exact) mass is 346 g/mol. The third-order valence-corrected chi connectivity index (χ3v) is 6.19. The summed E-state index contributed by atoms with van der Waals surface area (Å²) in [6, 6.07) is 15.9. The Morgan fingerprint density at radius 2 is 1.81 bits per heavy atom. The Labute approximate surface area is 152 Å². The molecule has 1 spiro atoms. The van der Waals surface area contributed by atoms with E-state index in [-0.39, 0.29) is 5.90 Å². The molecule has 6 heteroatoms. The summed E-state index contributed by atoms with van der Waals surface area (Å²) in [5.74, 6) is -1.98. The Kier molecular flexibility index (Phi) is 3.55. The predicted molar refractivity (Wildman–Crippen MR) is 90.2 cm³/mol. The van der Waals surface area contributed by atoms with Gasteiger partial charge in [-0.25, -0.2) is 0 Å². The molecule has 0 aromatic heterocycles. The van der Waals surface area contributed by atoms with Crippen molar-refractivity contribution in [2.24, 2.45) is 16.7 Å². The number of hydrogen-bond acceptors (Lipinski definition) is 6. The SMILES string of the molecule is N#CC1(C#N)[C@@H]2CCCC[C@@]23OC(=N)[C@@]1(C#N)[C@@H](Cc1ccccc1)O3. The molecule has 1 aromatic carbocycles. The number of nitriles is 3. The summed E-state index contributed by atoms with van der Waals surface area (Å²) in [6.45, 7) is 0. The van der Waals surface area contributed by atoms with Crippen LogP contribution in [0.15, 0.2) is 30.3 Å². The lowest BCUT2D eigenvalue weighted by Crippen LogP contribution is -2.76. The van der Waals surface area contributed by atoms with Gasteiger partial charge in [0.15, 0.2) is 10.8 Å². The minimum absolute atomic E-state index is 0.298. The molecule has 4 atom stereocenters. The molecular weight excluding hydrogens is 328 g/mol. The maximum atomic E-state index is 10.1. The van der Waals surface area contributed by atoms with Crippen molar-refractivity contribution in [2.45, 2.75) is 44.0 Å². The number of rotatable bonds is 2. The third-order valence-electron chi connectivity index (χ3n) is 6.19. The van der Waals surface area contributed by atoms with E-state index in [0.717, 1.165) is 18.4 Å². The molecule has 2 bridgehead atoms. The van der Waals surface area contributed by atoms with Gasteiger partial charge in [0.2, 0.25) is 11.7 Å². The van der Waals surface area contributed by atoms with Crippen molar-refractivity contribution >= 4 is 5.90 Å². The highest BCUT2D eigenvalue weighted by atomic mass is 16.7. The summed E-state index contributed by atoms with van der Waals surface area (Å²) in [6.07, 6.45) is 2.37. The van der Waals surface area contributed by atoms with Crippen LogP contribution in [0.25, 0.3) is 0 Å². The fourth-order valence-electron chi connectivity index (χ4n) is 4.98. The van der Waals surface area contributed by atoms with Crippen LogP contribution in [0.3, 0.4) is 0 Å². The molecule has 3 heterocycles. The summed E-state index contributed by atoms with van der Waals surface area (Å²) in [5.41, 5.74) is -2.44. The van der Waals surface area contributed by atoms with Gasteiger partial charge in [-0.15, -0.1) is 0 Å². The summed E-state index contributed by atoms with van der Waals surface area (Å²) >= 11 is 0. The summed E-state index contributed by atoms with van der Waals surface area (Å²) < 4.78 is 12.2. The first-order valence-corrected chi connectivity index (χ1v) is 8.82. The second-order valence-electron chi connectivity index (χ2n) is 7.29. The van der Waals surface area contributed by atoms with E-state index in [9.17, 15) is 15.8 Å². The van der Waals surface area contributed by atoms with Crippen LogP contribution in [0, 0.1) is 56.2 Å². The molecule has 4 fully saturated rings. The first-order valence-electron chi connectivity index (χ1n) is 8.82. The number of fused-ring (bicyclic) bond motifs is 2. The molecule has 4 aliphatic rings. The average Bonchev–Trinajstić information content (AvgIpc) is 2.67. The molecule has 0 amide bonds. The first-order chi connectivity index (χ1) is 12.6. The van der Waals surface area contributed by atoms with Crippen LogP contribution in [-0.2, 0) is 15.9 Å². The molecule has 0 unspecified atom stereocenters.